The summed E-state index contributed by atoms with van der Waals surface area (Å²) < 4.78 is 5.48. The van der Waals surface area contributed by atoms with Crippen LogP contribution in [-0.4, -0.2) is 28.3 Å². The third-order valence-electron chi connectivity index (χ3n) is 3.87. The van der Waals surface area contributed by atoms with Gasteiger partial charge >= 0.3 is 0 Å². The first kappa shape index (κ1) is 16.3. The van der Waals surface area contributed by atoms with Gasteiger partial charge < -0.3 is 15.4 Å². The molecule has 0 aliphatic carbocycles. The van der Waals surface area contributed by atoms with Gasteiger partial charge in [0.1, 0.15) is 29.5 Å². The first-order chi connectivity index (χ1) is 12.7. The Labute approximate surface area is 155 Å². The number of aromatic nitrogens is 3. The van der Waals surface area contributed by atoms with Crippen molar-refractivity contribution in [2.75, 3.05) is 17.7 Å². The van der Waals surface area contributed by atoms with E-state index in [1.165, 1.54) is 6.33 Å². The lowest BCUT2D eigenvalue weighted by Gasteiger charge is -2.13. The average molecular weight is 367 g/mol. The number of halogens is 1. The van der Waals surface area contributed by atoms with Gasteiger partial charge in [-0.05, 0) is 35.4 Å². The summed E-state index contributed by atoms with van der Waals surface area (Å²) in [6.07, 6.45) is 4.90. The number of methoxy groups -OCH3 is 1. The van der Waals surface area contributed by atoms with E-state index in [1.54, 1.807) is 31.5 Å². The lowest BCUT2D eigenvalue weighted by molar-refractivity contribution is 0.416. The van der Waals surface area contributed by atoms with E-state index in [0.717, 1.165) is 22.6 Å². The second kappa shape index (κ2) is 6.97. The van der Waals surface area contributed by atoms with Crippen molar-refractivity contribution in [2.45, 2.75) is 6.54 Å². The quantitative estimate of drug-likeness (QED) is 0.711. The van der Waals surface area contributed by atoms with Crippen molar-refractivity contribution in [3.63, 3.8) is 0 Å². The van der Waals surface area contributed by atoms with Gasteiger partial charge in [0.25, 0.3) is 0 Å². The van der Waals surface area contributed by atoms with Gasteiger partial charge in [-0.1, -0.05) is 11.6 Å². The van der Waals surface area contributed by atoms with E-state index >= 15 is 0 Å². The number of hydrogen-bond donors (Lipinski definition) is 2. The highest BCUT2D eigenvalue weighted by atomic mass is 35.5. The fourth-order valence-electron chi connectivity index (χ4n) is 2.62. The average Bonchev–Trinajstić information content (AvgIpc) is 3.10. The Morgan fingerprint density at radius 3 is 2.62 bits per heavy atom. The summed E-state index contributed by atoms with van der Waals surface area (Å²) in [4.78, 5) is 17.0. The number of benzene rings is 1. The van der Waals surface area contributed by atoms with E-state index in [0.29, 0.717) is 29.0 Å². The zero-order valence-electron chi connectivity index (χ0n) is 13.9. The third-order valence-corrected chi connectivity index (χ3v) is 4.09. The molecule has 7 nitrogen and oxygen atoms in total. The van der Waals surface area contributed by atoms with Gasteiger partial charge in [0.2, 0.25) is 0 Å². The molecule has 1 aromatic carbocycles. The first-order valence-electron chi connectivity index (χ1n) is 7.89. The van der Waals surface area contributed by atoms with Gasteiger partial charge in [-0.15, -0.1) is 0 Å². The highest BCUT2D eigenvalue weighted by Gasteiger charge is 2.13. The lowest BCUT2D eigenvalue weighted by atomic mass is 10.1. The van der Waals surface area contributed by atoms with E-state index < -0.39 is 0 Å². The van der Waals surface area contributed by atoms with Crippen LogP contribution in [0.4, 0.5) is 23.1 Å². The second-order valence-corrected chi connectivity index (χ2v) is 6.06. The minimum Gasteiger partial charge on any atom is -0.495 e. The Hall–Kier alpha value is -3.19. The fourth-order valence-corrected chi connectivity index (χ4v) is 2.73. The standard InChI is InChI=1S/C18H15ClN6O/c1-26-15-5-12-8-20-7-11(12)4-14(15)24-17-6-18(23-10-22-17)25-16-3-2-13(19)9-21-16/h2-7,9-10H,8H2,1H3,(H2,21,22,23,24,25). The number of fused-ring (bicyclic) bond motifs is 1. The molecule has 3 aromatic rings. The van der Waals surface area contributed by atoms with Crippen LogP contribution < -0.4 is 15.4 Å². The van der Waals surface area contributed by atoms with Crippen molar-refractivity contribution in [1.82, 2.24) is 15.0 Å². The van der Waals surface area contributed by atoms with E-state index in [9.17, 15) is 0 Å². The van der Waals surface area contributed by atoms with Crippen molar-refractivity contribution >= 4 is 41.0 Å². The van der Waals surface area contributed by atoms with Crippen LogP contribution in [0.5, 0.6) is 5.75 Å². The summed E-state index contributed by atoms with van der Waals surface area (Å²) in [6, 6.07) is 9.31. The minimum atomic E-state index is 0.577. The summed E-state index contributed by atoms with van der Waals surface area (Å²) in [6.45, 7) is 0.682. The Bertz CT molecular complexity index is 974. The van der Waals surface area contributed by atoms with E-state index in [2.05, 4.69) is 30.6 Å². The van der Waals surface area contributed by atoms with Gasteiger partial charge in [-0.2, -0.15) is 0 Å². The highest BCUT2D eigenvalue weighted by molar-refractivity contribution is 6.30. The number of ether oxygens (including phenoxy) is 1. The van der Waals surface area contributed by atoms with E-state index in [-0.39, 0.29) is 0 Å². The molecule has 1 aliphatic heterocycles. The lowest BCUT2D eigenvalue weighted by Crippen LogP contribution is -2.01. The number of nitrogens with one attached hydrogen (secondary N) is 2. The minimum absolute atomic E-state index is 0.577. The molecule has 8 heteroatoms. The normalized spacial score (nSPS) is 11.9. The van der Waals surface area contributed by atoms with Crippen molar-refractivity contribution < 1.29 is 4.74 Å². The van der Waals surface area contributed by atoms with Crippen LogP contribution in [0.25, 0.3) is 0 Å². The molecule has 0 bridgehead atoms. The first-order valence-corrected chi connectivity index (χ1v) is 8.27. The fraction of sp³-hybridized carbons (Fsp3) is 0.111. The molecule has 0 atom stereocenters. The molecular formula is C18H15ClN6O. The topological polar surface area (TPSA) is 84.3 Å². The Morgan fingerprint density at radius 1 is 1.00 bits per heavy atom. The molecule has 0 amide bonds. The van der Waals surface area contributed by atoms with Gasteiger partial charge in [-0.3, -0.25) is 4.99 Å². The zero-order chi connectivity index (χ0) is 17.9. The molecule has 1 aliphatic rings. The smallest absolute Gasteiger partial charge is 0.142 e. The predicted octanol–water partition coefficient (Wildman–Crippen LogP) is 3.95. The van der Waals surface area contributed by atoms with E-state index in [4.69, 9.17) is 16.3 Å². The Kier molecular flexibility index (Phi) is 4.37. The van der Waals surface area contributed by atoms with Crippen LogP contribution in [0.15, 0.2) is 47.8 Å². The van der Waals surface area contributed by atoms with Crippen molar-refractivity contribution in [1.29, 1.82) is 0 Å². The predicted molar refractivity (Wildman–Crippen MR) is 102 cm³/mol. The number of aliphatic imine (C=N–C) groups is 1. The molecule has 0 saturated carbocycles. The number of anilines is 4. The van der Waals surface area contributed by atoms with E-state index in [1.807, 2.05) is 18.3 Å². The monoisotopic (exact) mass is 366 g/mol. The number of nitrogens with zero attached hydrogens (tertiary/aromatic N) is 4. The Morgan fingerprint density at radius 2 is 1.85 bits per heavy atom. The van der Waals surface area contributed by atoms with Crippen LogP contribution in [0.1, 0.15) is 11.1 Å². The molecule has 0 radical (unpaired) electrons. The highest BCUT2D eigenvalue weighted by Crippen LogP contribution is 2.32. The van der Waals surface area contributed by atoms with Gasteiger partial charge in [0.05, 0.1) is 24.4 Å². The number of hydrogen-bond acceptors (Lipinski definition) is 7. The second-order valence-electron chi connectivity index (χ2n) is 5.62. The Balaban J connectivity index is 1.57. The van der Waals surface area contributed by atoms with Crippen molar-refractivity contribution in [2.24, 2.45) is 4.99 Å². The SMILES string of the molecule is COc1cc2c(cc1Nc1cc(Nc3ccc(Cl)cn3)ncn1)C=NC2. The van der Waals surface area contributed by atoms with Crippen LogP contribution in [0, 0.1) is 0 Å². The summed E-state index contributed by atoms with van der Waals surface area (Å²) in [7, 11) is 1.64. The molecule has 3 heterocycles. The van der Waals surface area contributed by atoms with Crippen LogP contribution >= 0.6 is 11.6 Å². The molecular weight excluding hydrogens is 352 g/mol. The maximum Gasteiger partial charge on any atom is 0.142 e. The summed E-state index contributed by atoms with van der Waals surface area (Å²) in [5.74, 6) is 2.62. The zero-order valence-corrected chi connectivity index (χ0v) is 14.7. The van der Waals surface area contributed by atoms with Gasteiger partial charge in [0, 0.05) is 18.5 Å². The van der Waals surface area contributed by atoms with Gasteiger partial charge in [0.15, 0.2) is 0 Å². The van der Waals surface area contributed by atoms with Crippen molar-refractivity contribution in [3.05, 3.63) is 59.0 Å². The molecule has 26 heavy (non-hydrogen) atoms. The van der Waals surface area contributed by atoms with Crippen LogP contribution in [-0.2, 0) is 6.54 Å². The van der Waals surface area contributed by atoms with Gasteiger partial charge in [-0.25, -0.2) is 15.0 Å². The van der Waals surface area contributed by atoms with Crippen molar-refractivity contribution in [3.8, 4) is 5.75 Å². The molecule has 0 saturated heterocycles. The largest absolute Gasteiger partial charge is 0.495 e. The number of pyridine rings is 1. The molecule has 0 spiro atoms. The maximum atomic E-state index is 5.85. The molecule has 2 aromatic heterocycles. The summed E-state index contributed by atoms with van der Waals surface area (Å²) in [5.41, 5.74) is 3.03. The molecule has 4 rings (SSSR count). The van der Waals surface area contributed by atoms with Crippen LogP contribution in [0.3, 0.4) is 0 Å². The summed E-state index contributed by atoms with van der Waals surface area (Å²) >= 11 is 5.85. The third kappa shape index (κ3) is 3.43. The maximum absolute atomic E-state index is 5.85. The number of rotatable bonds is 5. The molecule has 130 valence electrons. The molecule has 0 fully saturated rings. The molecule has 2 N–H and O–H groups in total. The van der Waals surface area contributed by atoms with Crippen LogP contribution in [0.2, 0.25) is 5.02 Å². The molecule has 0 unspecified atom stereocenters. The summed E-state index contributed by atoms with van der Waals surface area (Å²) in [5, 5.41) is 6.96.